The summed E-state index contributed by atoms with van der Waals surface area (Å²) >= 11 is 0. The number of halogens is 1. The first-order chi connectivity index (χ1) is 19.6. The van der Waals surface area contributed by atoms with Crippen molar-refractivity contribution in [3.05, 3.63) is 93.4 Å². The SMILES string of the molecule is Cc1nc2ccccc2cc1Cn1c(C(=O)NS(=O)(=O)C(C)C)c(-c2ccc[nH]c2=O)c2c3c(c(F)cc21)CCO3. The number of benzene rings is 2. The molecule has 0 fully saturated rings. The lowest BCUT2D eigenvalue weighted by Gasteiger charge is -2.15. The second kappa shape index (κ2) is 9.84. The molecule has 210 valence electrons. The van der Waals surface area contributed by atoms with Crippen LogP contribution in [0, 0.1) is 12.7 Å². The average Bonchev–Trinajstić information content (AvgIpc) is 3.53. The van der Waals surface area contributed by atoms with Gasteiger partial charge in [0.25, 0.3) is 11.5 Å². The maximum atomic E-state index is 15.5. The van der Waals surface area contributed by atoms with Gasteiger partial charge in [-0.25, -0.2) is 17.5 Å². The van der Waals surface area contributed by atoms with Gasteiger partial charge in [-0.05, 0) is 56.7 Å². The molecular weight excluding hydrogens is 547 g/mol. The van der Waals surface area contributed by atoms with Crippen LogP contribution >= 0.6 is 0 Å². The van der Waals surface area contributed by atoms with Crippen LogP contribution in [0.3, 0.4) is 0 Å². The molecule has 0 aliphatic carbocycles. The lowest BCUT2D eigenvalue weighted by Crippen LogP contribution is -2.37. The number of fused-ring (bicyclic) bond motifs is 4. The fourth-order valence-electron chi connectivity index (χ4n) is 5.29. The number of aromatic nitrogens is 3. The van der Waals surface area contributed by atoms with Gasteiger partial charge >= 0.3 is 0 Å². The van der Waals surface area contributed by atoms with E-state index in [1.54, 1.807) is 16.7 Å². The molecule has 0 saturated heterocycles. The number of hydrogen-bond acceptors (Lipinski definition) is 6. The molecule has 1 aliphatic rings. The van der Waals surface area contributed by atoms with Crippen molar-refractivity contribution in [3.8, 4) is 16.9 Å². The Bertz CT molecular complexity index is 2050. The number of aryl methyl sites for hydroxylation is 1. The standard InChI is InChI=1S/C30H27FN4O5S/c1-16(2)41(38,39)34-30(37)27-25(21-8-6-11-32-29(21)36)26-24(14-22(31)20-10-12-40-28(20)26)35(27)15-19-13-18-7-4-5-9-23(18)33-17(19)3/h4-9,11,13-14,16H,10,12,15H2,1-3H3,(H,32,36)(H,34,37). The van der Waals surface area contributed by atoms with Gasteiger partial charge in [0.1, 0.15) is 17.3 Å². The van der Waals surface area contributed by atoms with Gasteiger partial charge in [0.2, 0.25) is 10.0 Å². The fraction of sp³-hybridized carbons (Fsp3) is 0.233. The van der Waals surface area contributed by atoms with Crippen LogP contribution in [0.2, 0.25) is 0 Å². The molecule has 11 heteroatoms. The van der Waals surface area contributed by atoms with Crippen molar-refractivity contribution in [1.82, 2.24) is 19.3 Å². The third-order valence-corrected chi connectivity index (χ3v) is 9.17. The number of nitrogens with zero attached hydrogens (tertiary/aromatic N) is 2. The molecule has 2 aromatic carbocycles. The summed E-state index contributed by atoms with van der Waals surface area (Å²) in [5, 5.41) is 0.340. The maximum Gasteiger partial charge on any atom is 0.282 e. The topological polar surface area (TPSA) is 123 Å². The zero-order chi connectivity index (χ0) is 29.1. The molecule has 1 amide bonds. The number of amides is 1. The van der Waals surface area contributed by atoms with Crippen molar-refractivity contribution in [2.75, 3.05) is 6.61 Å². The zero-order valence-electron chi connectivity index (χ0n) is 22.6. The number of rotatable bonds is 6. The molecule has 3 aromatic heterocycles. The highest BCUT2D eigenvalue weighted by atomic mass is 32.2. The number of sulfonamides is 1. The van der Waals surface area contributed by atoms with Crippen LogP contribution in [-0.2, 0) is 23.0 Å². The summed E-state index contributed by atoms with van der Waals surface area (Å²) in [6, 6.07) is 14.0. The molecule has 0 bridgehead atoms. The molecule has 5 aromatic rings. The van der Waals surface area contributed by atoms with Crippen LogP contribution in [0.25, 0.3) is 32.9 Å². The Labute approximate surface area is 235 Å². The van der Waals surface area contributed by atoms with Crippen molar-refractivity contribution in [3.63, 3.8) is 0 Å². The van der Waals surface area contributed by atoms with Crippen LogP contribution in [-0.4, -0.2) is 40.7 Å². The summed E-state index contributed by atoms with van der Waals surface area (Å²) < 4.78 is 50.8. The van der Waals surface area contributed by atoms with Gasteiger partial charge < -0.3 is 14.3 Å². The Morgan fingerprint density at radius 2 is 1.98 bits per heavy atom. The largest absolute Gasteiger partial charge is 0.492 e. The highest BCUT2D eigenvalue weighted by Gasteiger charge is 2.33. The first-order valence-electron chi connectivity index (χ1n) is 13.2. The number of para-hydroxylation sites is 1. The Morgan fingerprint density at radius 1 is 1.20 bits per heavy atom. The third-order valence-electron chi connectivity index (χ3n) is 7.46. The summed E-state index contributed by atoms with van der Waals surface area (Å²) in [5.41, 5.74) is 2.54. The summed E-state index contributed by atoms with van der Waals surface area (Å²) in [4.78, 5) is 34.4. The average molecular weight is 575 g/mol. The predicted molar refractivity (Wildman–Crippen MR) is 154 cm³/mol. The number of pyridine rings is 2. The fourth-order valence-corrected chi connectivity index (χ4v) is 5.88. The van der Waals surface area contributed by atoms with Crippen molar-refractivity contribution >= 4 is 37.7 Å². The molecule has 0 saturated carbocycles. The number of aromatic amines is 1. The predicted octanol–water partition coefficient (Wildman–Crippen LogP) is 4.44. The minimum absolute atomic E-state index is 0.0492. The monoisotopic (exact) mass is 574 g/mol. The second-order valence-electron chi connectivity index (χ2n) is 10.3. The lowest BCUT2D eigenvalue weighted by atomic mass is 10.00. The minimum atomic E-state index is -4.05. The molecule has 6 rings (SSSR count). The summed E-state index contributed by atoms with van der Waals surface area (Å²) in [6.07, 6.45) is 1.78. The van der Waals surface area contributed by atoms with Crippen molar-refractivity contribution in [2.24, 2.45) is 0 Å². The Morgan fingerprint density at radius 3 is 2.73 bits per heavy atom. The number of carbonyl (C=O) groups is 1. The lowest BCUT2D eigenvalue weighted by molar-refractivity contribution is 0.0973. The number of carbonyl (C=O) groups excluding carboxylic acids is 1. The van der Waals surface area contributed by atoms with Crippen LogP contribution in [0.15, 0.2) is 59.5 Å². The van der Waals surface area contributed by atoms with Gasteiger partial charge in [-0.15, -0.1) is 0 Å². The zero-order valence-corrected chi connectivity index (χ0v) is 23.4. The van der Waals surface area contributed by atoms with E-state index in [4.69, 9.17) is 9.72 Å². The molecule has 0 unspecified atom stereocenters. The highest BCUT2D eigenvalue weighted by Crippen LogP contribution is 2.44. The van der Waals surface area contributed by atoms with E-state index < -0.39 is 32.6 Å². The van der Waals surface area contributed by atoms with Crippen molar-refractivity contribution < 1.29 is 22.3 Å². The Kier molecular flexibility index (Phi) is 6.41. The van der Waals surface area contributed by atoms with Crippen LogP contribution in [0.1, 0.15) is 41.2 Å². The van der Waals surface area contributed by atoms with E-state index in [-0.39, 0.29) is 35.7 Å². The molecule has 0 spiro atoms. The van der Waals surface area contributed by atoms with E-state index in [1.165, 1.54) is 26.1 Å². The van der Waals surface area contributed by atoms with Crippen molar-refractivity contribution in [2.45, 2.75) is 39.0 Å². The third kappa shape index (κ3) is 4.46. The number of ether oxygens (including phenoxy) is 1. The van der Waals surface area contributed by atoms with Crippen molar-refractivity contribution in [1.29, 1.82) is 0 Å². The normalized spacial score (nSPS) is 13.1. The Balaban J connectivity index is 1.71. The first kappa shape index (κ1) is 26.7. The van der Waals surface area contributed by atoms with E-state index in [0.29, 0.717) is 28.6 Å². The van der Waals surface area contributed by atoms with Gasteiger partial charge in [-0.1, -0.05) is 18.2 Å². The summed E-state index contributed by atoms with van der Waals surface area (Å²) in [5.74, 6) is -1.20. The number of H-pyrrole nitrogens is 1. The number of hydrogen-bond donors (Lipinski definition) is 2. The quantitative estimate of drug-likeness (QED) is 0.309. The van der Waals surface area contributed by atoms with Crippen LogP contribution < -0.4 is 15.0 Å². The molecule has 41 heavy (non-hydrogen) atoms. The molecular formula is C30H27FN4O5S. The molecule has 2 N–H and O–H groups in total. The van der Waals surface area contributed by atoms with Gasteiger partial charge in [-0.2, -0.15) is 0 Å². The van der Waals surface area contributed by atoms with Crippen LogP contribution in [0.4, 0.5) is 4.39 Å². The van der Waals surface area contributed by atoms with Gasteiger partial charge in [-0.3, -0.25) is 14.6 Å². The highest BCUT2D eigenvalue weighted by molar-refractivity contribution is 7.90. The summed E-state index contributed by atoms with van der Waals surface area (Å²) in [7, 11) is -4.05. The summed E-state index contributed by atoms with van der Waals surface area (Å²) in [6.45, 7) is 5.02. The first-order valence-corrected chi connectivity index (χ1v) is 14.7. The van der Waals surface area contributed by atoms with E-state index in [2.05, 4.69) is 9.71 Å². The van der Waals surface area contributed by atoms with E-state index >= 15 is 4.39 Å². The minimum Gasteiger partial charge on any atom is -0.492 e. The van der Waals surface area contributed by atoms with E-state index in [9.17, 15) is 18.0 Å². The molecule has 0 radical (unpaired) electrons. The van der Waals surface area contributed by atoms with Gasteiger partial charge in [0.05, 0.1) is 40.4 Å². The number of nitrogens with one attached hydrogen (secondary N) is 2. The molecule has 9 nitrogen and oxygen atoms in total. The Hall–Kier alpha value is -4.51. The van der Waals surface area contributed by atoms with E-state index in [0.717, 1.165) is 16.5 Å². The molecule has 4 heterocycles. The maximum absolute atomic E-state index is 15.5. The molecule has 1 aliphatic heterocycles. The van der Waals surface area contributed by atoms with Gasteiger partial charge in [0, 0.05) is 34.8 Å². The second-order valence-corrected chi connectivity index (χ2v) is 12.6. The van der Waals surface area contributed by atoms with Crippen LogP contribution in [0.5, 0.6) is 5.75 Å². The smallest absolute Gasteiger partial charge is 0.282 e. The molecule has 0 atom stereocenters. The van der Waals surface area contributed by atoms with E-state index in [1.807, 2.05) is 37.3 Å². The van der Waals surface area contributed by atoms with Gasteiger partial charge in [0.15, 0.2) is 0 Å².